The lowest BCUT2D eigenvalue weighted by Crippen LogP contribution is -2.06. The first-order chi connectivity index (χ1) is 11.7. The van der Waals surface area contributed by atoms with Crippen LogP contribution in [0.1, 0.15) is 0 Å². The van der Waals surface area contributed by atoms with E-state index in [4.69, 9.17) is 11.6 Å². The van der Waals surface area contributed by atoms with Crippen molar-refractivity contribution in [1.82, 2.24) is 15.0 Å². The highest BCUT2D eigenvalue weighted by molar-refractivity contribution is 6.30. The number of aromatic amines is 1. The van der Waals surface area contributed by atoms with Gasteiger partial charge >= 0.3 is 0 Å². The zero-order valence-electron chi connectivity index (χ0n) is 12.5. The van der Waals surface area contributed by atoms with Crippen LogP contribution in [0.4, 0.5) is 0 Å². The van der Waals surface area contributed by atoms with E-state index in [-0.39, 0.29) is 5.43 Å². The Morgan fingerprint density at radius 1 is 0.833 bits per heavy atom. The van der Waals surface area contributed by atoms with E-state index in [1.54, 1.807) is 12.3 Å². The topological polar surface area (TPSA) is 58.6 Å². The minimum absolute atomic E-state index is 0.167. The molecule has 4 nitrogen and oxygen atoms in total. The number of benzene rings is 2. The first kappa shape index (κ1) is 14.6. The van der Waals surface area contributed by atoms with Crippen molar-refractivity contribution >= 4 is 22.8 Å². The van der Waals surface area contributed by atoms with Crippen molar-refractivity contribution in [2.45, 2.75) is 0 Å². The molecule has 0 amide bonds. The summed E-state index contributed by atoms with van der Waals surface area (Å²) in [6.07, 6.45) is 1.58. The Kier molecular flexibility index (Phi) is 3.59. The molecule has 1 N–H and O–H groups in total. The van der Waals surface area contributed by atoms with E-state index in [1.807, 2.05) is 48.5 Å². The predicted molar refractivity (Wildman–Crippen MR) is 96.0 cm³/mol. The van der Waals surface area contributed by atoms with E-state index in [0.717, 1.165) is 11.1 Å². The highest BCUT2D eigenvalue weighted by Gasteiger charge is 2.14. The first-order valence-corrected chi connectivity index (χ1v) is 7.81. The van der Waals surface area contributed by atoms with Crippen LogP contribution in [-0.2, 0) is 0 Å². The van der Waals surface area contributed by atoms with Gasteiger partial charge in [0.2, 0.25) is 5.43 Å². The van der Waals surface area contributed by atoms with Crippen molar-refractivity contribution in [2.24, 2.45) is 0 Å². The summed E-state index contributed by atoms with van der Waals surface area (Å²) in [5.41, 5.74) is 3.68. The minimum atomic E-state index is -0.167. The van der Waals surface area contributed by atoms with Gasteiger partial charge < -0.3 is 4.98 Å². The summed E-state index contributed by atoms with van der Waals surface area (Å²) in [6.45, 7) is 0. The largest absolute Gasteiger partial charge is 0.345 e. The number of pyridine rings is 1. The Morgan fingerprint density at radius 2 is 1.58 bits per heavy atom. The van der Waals surface area contributed by atoms with Crippen LogP contribution in [0.5, 0.6) is 0 Å². The molecule has 2 aromatic heterocycles. The monoisotopic (exact) mass is 333 g/mol. The molecule has 0 bridgehead atoms. The number of hydrogen-bond acceptors (Lipinski definition) is 3. The SMILES string of the molecule is O=c1cc[nH]c2nc(-c3ccccc3)c(-c3cccc(Cl)c3)nc12. The average Bonchev–Trinajstić information content (AvgIpc) is 2.62. The molecule has 0 aliphatic rings. The maximum absolute atomic E-state index is 12.1. The highest BCUT2D eigenvalue weighted by Crippen LogP contribution is 2.31. The van der Waals surface area contributed by atoms with E-state index in [9.17, 15) is 4.79 Å². The van der Waals surface area contributed by atoms with Crippen LogP contribution in [0, 0.1) is 0 Å². The van der Waals surface area contributed by atoms with Crippen LogP contribution in [0.2, 0.25) is 5.02 Å². The Bertz CT molecular complexity index is 1090. The van der Waals surface area contributed by atoms with E-state index in [1.165, 1.54) is 6.07 Å². The van der Waals surface area contributed by atoms with Gasteiger partial charge in [-0.15, -0.1) is 0 Å². The molecular weight excluding hydrogens is 322 g/mol. The summed E-state index contributed by atoms with van der Waals surface area (Å²) in [4.78, 5) is 24.4. The van der Waals surface area contributed by atoms with Gasteiger partial charge in [-0.05, 0) is 12.1 Å². The van der Waals surface area contributed by atoms with Crippen molar-refractivity contribution < 1.29 is 0 Å². The molecular formula is C19H12ClN3O. The summed E-state index contributed by atoms with van der Waals surface area (Å²) in [7, 11) is 0. The van der Waals surface area contributed by atoms with Gasteiger partial charge in [-0.3, -0.25) is 4.79 Å². The van der Waals surface area contributed by atoms with Crippen molar-refractivity contribution in [3.63, 3.8) is 0 Å². The molecule has 0 atom stereocenters. The van der Waals surface area contributed by atoms with Gasteiger partial charge in [-0.2, -0.15) is 0 Å². The van der Waals surface area contributed by atoms with Gasteiger partial charge in [-0.25, -0.2) is 9.97 Å². The Labute approximate surface area is 142 Å². The van der Waals surface area contributed by atoms with Crippen molar-refractivity contribution in [3.8, 4) is 22.5 Å². The molecule has 0 aliphatic carbocycles. The fourth-order valence-electron chi connectivity index (χ4n) is 2.62. The number of fused-ring (bicyclic) bond motifs is 1. The van der Waals surface area contributed by atoms with Crippen LogP contribution >= 0.6 is 11.6 Å². The number of nitrogens with zero attached hydrogens (tertiary/aromatic N) is 2. The summed E-state index contributed by atoms with van der Waals surface area (Å²) >= 11 is 6.13. The first-order valence-electron chi connectivity index (χ1n) is 7.43. The maximum Gasteiger partial charge on any atom is 0.209 e. The Morgan fingerprint density at radius 3 is 2.38 bits per heavy atom. The third kappa shape index (κ3) is 2.57. The molecule has 2 aromatic carbocycles. The molecule has 4 aromatic rings. The van der Waals surface area contributed by atoms with Crippen molar-refractivity contribution in [1.29, 1.82) is 0 Å². The normalized spacial score (nSPS) is 10.9. The van der Waals surface area contributed by atoms with E-state index in [2.05, 4.69) is 15.0 Å². The van der Waals surface area contributed by atoms with Gasteiger partial charge in [0.1, 0.15) is 0 Å². The predicted octanol–water partition coefficient (Wildman–Crippen LogP) is 4.31. The van der Waals surface area contributed by atoms with Crippen molar-refractivity contribution in [2.75, 3.05) is 0 Å². The van der Waals surface area contributed by atoms with Gasteiger partial charge in [0.15, 0.2) is 11.2 Å². The van der Waals surface area contributed by atoms with Crippen LogP contribution in [0.25, 0.3) is 33.7 Å². The second-order valence-electron chi connectivity index (χ2n) is 5.34. The highest BCUT2D eigenvalue weighted by atomic mass is 35.5. The smallest absolute Gasteiger partial charge is 0.209 e. The summed E-state index contributed by atoms with van der Waals surface area (Å²) in [5, 5.41) is 0.607. The molecule has 0 unspecified atom stereocenters. The number of H-pyrrole nitrogens is 1. The molecule has 24 heavy (non-hydrogen) atoms. The molecule has 116 valence electrons. The molecule has 0 saturated carbocycles. The lowest BCUT2D eigenvalue weighted by atomic mass is 10.0. The van der Waals surface area contributed by atoms with Gasteiger partial charge in [0.05, 0.1) is 11.4 Å². The second kappa shape index (κ2) is 5.91. The minimum Gasteiger partial charge on any atom is -0.345 e. The zero-order chi connectivity index (χ0) is 16.5. The van der Waals surface area contributed by atoms with E-state index in [0.29, 0.717) is 27.6 Å². The van der Waals surface area contributed by atoms with Crippen LogP contribution in [0.3, 0.4) is 0 Å². The average molecular weight is 334 g/mol. The Balaban J connectivity index is 2.09. The van der Waals surface area contributed by atoms with Crippen molar-refractivity contribution in [3.05, 3.63) is 82.1 Å². The quantitative estimate of drug-likeness (QED) is 0.594. The molecule has 2 heterocycles. The lowest BCUT2D eigenvalue weighted by Gasteiger charge is -2.10. The number of rotatable bonds is 2. The molecule has 4 rings (SSSR count). The van der Waals surface area contributed by atoms with Gasteiger partial charge in [0, 0.05) is 28.4 Å². The zero-order valence-corrected chi connectivity index (χ0v) is 13.3. The van der Waals surface area contributed by atoms with Gasteiger partial charge in [-0.1, -0.05) is 54.1 Å². The fourth-order valence-corrected chi connectivity index (χ4v) is 2.81. The van der Waals surface area contributed by atoms with E-state index >= 15 is 0 Å². The van der Waals surface area contributed by atoms with E-state index < -0.39 is 0 Å². The molecule has 0 spiro atoms. The lowest BCUT2D eigenvalue weighted by molar-refractivity contribution is 1.22. The number of aromatic nitrogens is 3. The van der Waals surface area contributed by atoms with Crippen LogP contribution in [-0.4, -0.2) is 15.0 Å². The number of hydrogen-bond donors (Lipinski definition) is 1. The fraction of sp³-hybridized carbons (Fsp3) is 0. The molecule has 0 saturated heterocycles. The number of nitrogens with one attached hydrogen (secondary N) is 1. The molecule has 0 radical (unpaired) electrons. The summed E-state index contributed by atoms with van der Waals surface area (Å²) in [5.74, 6) is 0. The van der Waals surface area contributed by atoms with Crippen LogP contribution in [0.15, 0.2) is 71.7 Å². The van der Waals surface area contributed by atoms with Crippen LogP contribution < -0.4 is 5.43 Å². The maximum atomic E-state index is 12.1. The standard InChI is InChI=1S/C19H12ClN3O/c20-14-8-4-7-13(11-14)17-16(12-5-2-1-3-6-12)23-19-18(22-17)15(24)9-10-21-19/h1-11H,(H,21,23,24). The molecule has 0 fully saturated rings. The Hall–Kier alpha value is -2.98. The molecule has 5 heteroatoms. The summed E-state index contributed by atoms with van der Waals surface area (Å²) < 4.78 is 0. The third-order valence-electron chi connectivity index (χ3n) is 3.73. The summed E-state index contributed by atoms with van der Waals surface area (Å²) in [6, 6.07) is 18.6. The van der Waals surface area contributed by atoms with Gasteiger partial charge in [0.25, 0.3) is 0 Å². The number of halogens is 1. The third-order valence-corrected chi connectivity index (χ3v) is 3.96. The molecule has 0 aliphatic heterocycles. The second-order valence-corrected chi connectivity index (χ2v) is 5.77.